The molecule has 2 heterocycles. The first-order valence-corrected chi connectivity index (χ1v) is 8.14. The van der Waals surface area contributed by atoms with Crippen molar-refractivity contribution in [3.63, 3.8) is 0 Å². The first-order valence-electron chi connectivity index (χ1n) is 8.14. The van der Waals surface area contributed by atoms with Gasteiger partial charge in [0.25, 0.3) is 0 Å². The fourth-order valence-electron chi connectivity index (χ4n) is 3.43. The summed E-state index contributed by atoms with van der Waals surface area (Å²) in [6.45, 7) is 2.03. The van der Waals surface area contributed by atoms with E-state index in [0.717, 1.165) is 23.1 Å². The van der Waals surface area contributed by atoms with Crippen LogP contribution >= 0.6 is 0 Å². The summed E-state index contributed by atoms with van der Waals surface area (Å²) < 4.78 is 5.51. The number of nitriles is 1. The maximum Gasteiger partial charge on any atom is 0.227 e. The van der Waals surface area contributed by atoms with Crippen LogP contribution in [0.15, 0.2) is 34.9 Å². The molecule has 2 aromatic rings. The van der Waals surface area contributed by atoms with Gasteiger partial charge < -0.3 is 9.32 Å². The van der Waals surface area contributed by atoms with Crippen LogP contribution in [0.1, 0.15) is 18.4 Å². The highest BCUT2D eigenvalue weighted by Gasteiger charge is 2.38. The third-order valence-corrected chi connectivity index (χ3v) is 4.84. The highest BCUT2D eigenvalue weighted by Crippen LogP contribution is 2.30. The Morgan fingerprint density at radius 2 is 2.13 bits per heavy atom. The Balaban J connectivity index is 1.46. The van der Waals surface area contributed by atoms with Crippen molar-refractivity contribution in [2.24, 2.45) is 0 Å². The smallest absolute Gasteiger partial charge is 0.227 e. The van der Waals surface area contributed by atoms with E-state index in [2.05, 4.69) is 11.0 Å². The van der Waals surface area contributed by atoms with Gasteiger partial charge in [0.15, 0.2) is 0 Å². The molecule has 1 aromatic heterocycles. The molecule has 5 heteroatoms. The molecule has 1 amide bonds. The molecule has 1 saturated heterocycles. The van der Waals surface area contributed by atoms with E-state index in [9.17, 15) is 10.1 Å². The average Bonchev–Trinajstić information content (AvgIpc) is 3.36. The van der Waals surface area contributed by atoms with Crippen molar-refractivity contribution in [1.29, 1.82) is 5.26 Å². The van der Waals surface area contributed by atoms with E-state index in [1.807, 2.05) is 29.2 Å². The van der Waals surface area contributed by atoms with Gasteiger partial charge in [-0.25, -0.2) is 0 Å². The summed E-state index contributed by atoms with van der Waals surface area (Å²) in [5.74, 6) is 0.0762. The summed E-state index contributed by atoms with van der Waals surface area (Å²) in [6, 6.07) is 10.5. The Morgan fingerprint density at radius 1 is 1.30 bits per heavy atom. The van der Waals surface area contributed by atoms with Crippen molar-refractivity contribution in [3.8, 4) is 6.07 Å². The number of carbonyl (C=O) groups excluding carboxylic acids is 1. The minimum absolute atomic E-state index is 0.0762. The van der Waals surface area contributed by atoms with Gasteiger partial charge in [0.1, 0.15) is 11.6 Å². The molecule has 0 N–H and O–H groups in total. The van der Waals surface area contributed by atoms with Crippen LogP contribution in [0.4, 0.5) is 0 Å². The predicted octanol–water partition coefficient (Wildman–Crippen LogP) is 2.17. The molecule has 1 unspecified atom stereocenters. The monoisotopic (exact) mass is 309 g/mol. The van der Waals surface area contributed by atoms with Crippen LogP contribution in [0.5, 0.6) is 0 Å². The molecule has 1 aliphatic heterocycles. The topological polar surface area (TPSA) is 60.5 Å². The van der Waals surface area contributed by atoms with Crippen LogP contribution in [-0.4, -0.2) is 47.4 Å². The number of piperazine rings is 1. The van der Waals surface area contributed by atoms with Crippen LogP contribution in [-0.2, 0) is 11.2 Å². The van der Waals surface area contributed by atoms with E-state index in [1.165, 1.54) is 12.8 Å². The Kier molecular flexibility index (Phi) is 3.55. The van der Waals surface area contributed by atoms with E-state index >= 15 is 0 Å². The lowest BCUT2D eigenvalue weighted by atomic mass is 10.1. The molecule has 23 heavy (non-hydrogen) atoms. The predicted molar refractivity (Wildman–Crippen MR) is 85.6 cm³/mol. The van der Waals surface area contributed by atoms with Gasteiger partial charge in [-0.15, -0.1) is 0 Å². The Labute approximate surface area is 135 Å². The quantitative estimate of drug-likeness (QED) is 0.872. The lowest BCUT2D eigenvalue weighted by Gasteiger charge is -2.38. The third kappa shape index (κ3) is 2.71. The number of rotatable bonds is 3. The molecule has 4 rings (SSSR count). The summed E-state index contributed by atoms with van der Waals surface area (Å²) in [7, 11) is 0. The van der Waals surface area contributed by atoms with Crippen molar-refractivity contribution < 1.29 is 9.21 Å². The maximum absolute atomic E-state index is 12.6. The van der Waals surface area contributed by atoms with Crippen molar-refractivity contribution in [2.45, 2.75) is 31.3 Å². The number of fused-ring (bicyclic) bond motifs is 1. The molecule has 5 nitrogen and oxygen atoms in total. The zero-order valence-corrected chi connectivity index (χ0v) is 12.9. The van der Waals surface area contributed by atoms with Gasteiger partial charge in [-0.05, 0) is 18.9 Å². The van der Waals surface area contributed by atoms with Gasteiger partial charge in [0, 0.05) is 36.6 Å². The lowest BCUT2D eigenvalue weighted by Crippen LogP contribution is -2.55. The van der Waals surface area contributed by atoms with Crippen LogP contribution in [0, 0.1) is 11.3 Å². The molecule has 118 valence electrons. The molecule has 1 atom stereocenters. The zero-order chi connectivity index (χ0) is 15.8. The van der Waals surface area contributed by atoms with Gasteiger partial charge in [-0.1, -0.05) is 18.2 Å². The lowest BCUT2D eigenvalue weighted by molar-refractivity contribution is -0.133. The van der Waals surface area contributed by atoms with Gasteiger partial charge >= 0.3 is 0 Å². The van der Waals surface area contributed by atoms with Crippen molar-refractivity contribution in [3.05, 3.63) is 36.1 Å². The first kappa shape index (κ1) is 14.3. The van der Waals surface area contributed by atoms with Gasteiger partial charge in [-0.2, -0.15) is 5.26 Å². The fourth-order valence-corrected chi connectivity index (χ4v) is 3.43. The van der Waals surface area contributed by atoms with E-state index < -0.39 is 0 Å². The first-order chi connectivity index (χ1) is 11.3. The number of nitrogens with zero attached hydrogens (tertiary/aromatic N) is 3. The number of carbonyl (C=O) groups is 1. The molecule has 2 fully saturated rings. The van der Waals surface area contributed by atoms with Crippen molar-refractivity contribution in [1.82, 2.24) is 9.80 Å². The number of amides is 1. The van der Waals surface area contributed by atoms with Gasteiger partial charge in [0.2, 0.25) is 5.91 Å². The molecule has 2 aliphatic rings. The maximum atomic E-state index is 12.6. The summed E-state index contributed by atoms with van der Waals surface area (Å²) in [4.78, 5) is 16.7. The standard InChI is InChI=1S/C18H19N3O2/c19-10-15-11-20(7-8-21(15)14-5-6-14)18(22)9-13-12-23-17-4-2-1-3-16(13)17/h1-4,12,14-15H,5-9,11H2. The number of hydrogen-bond donors (Lipinski definition) is 0. The van der Waals surface area contributed by atoms with Crippen molar-refractivity contribution in [2.75, 3.05) is 19.6 Å². The molecule has 0 spiro atoms. The molecule has 1 aliphatic carbocycles. The second-order valence-corrected chi connectivity index (χ2v) is 6.39. The van der Waals surface area contributed by atoms with Crippen molar-refractivity contribution >= 4 is 16.9 Å². The molecular weight excluding hydrogens is 290 g/mol. The fraction of sp³-hybridized carbons (Fsp3) is 0.444. The summed E-state index contributed by atoms with van der Waals surface area (Å²) in [5.41, 5.74) is 1.73. The highest BCUT2D eigenvalue weighted by atomic mass is 16.3. The second-order valence-electron chi connectivity index (χ2n) is 6.39. The SMILES string of the molecule is N#CC1CN(C(=O)Cc2coc3ccccc23)CCN1C1CC1. The van der Waals surface area contributed by atoms with Crippen LogP contribution in [0.25, 0.3) is 11.0 Å². The van der Waals surface area contributed by atoms with E-state index in [0.29, 0.717) is 25.6 Å². The summed E-state index contributed by atoms with van der Waals surface area (Å²) in [6.07, 6.45) is 4.38. The van der Waals surface area contributed by atoms with E-state index in [4.69, 9.17) is 4.42 Å². The van der Waals surface area contributed by atoms with Crippen LogP contribution < -0.4 is 0 Å². The number of hydrogen-bond acceptors (Lipinski definition) is 4. The number of furan rings is 1. The summed E-state index contributed by atoms with van der Waals surface area (Å²) in [5, 5.41) is 10.4. The Morgan fingerprint density at radius 3 is 2.91 bits per heavy atom. The normalized spacial score (nSPS) is 22.2. The minimum atomic E-state index is -0.165. The molecule has 1 aromatic carbocycles. The third-order valence-electron chi connectivity index (χ3n) is 4.84. The zero-order valence-electron chi connectivity index (χ0n) is 12.9. The molecular formula is C18H19N3O2. The molecule has 1 saturated carbocycles. The van der Waals surface area contributed by atoms with Gasteiger partial charge in [-0.3, -0.25) is 9.69 Å². The number of benzene rings is 1. The largest absolute Gasteiger partial charge is 0.464 e. The van der Waals surface area contributed by atoms with Crippen LogP contribution in [0.3, 0.4) is 0 Å². The summed E-state index contributed by atoms with van der Waals surface area (Å²) >= 11 is 0. The minimum Gasteiger partial charge on any atom is -0.464 e. The Bertz CT molecular complexity index is 772. The highest BCUT2D eigenvalue weighted by molar-refractivity contribution is 5.87. The molecule has 0 bridgehead atoms. The number of para-hydroxylation sites is 1. The Hall–Kier alpha value is -2.32. The average molecular weight is 309 g/mol. The van der Waals surface area contributed by atoms with E-state index in [1.54, 1.807) is 6.26 Å². The van der Waals surface area contributed by atoms with Crippen LogP contribution in [0.2, 0.25) is 0 Å². The second kappa shape index (κ2) is 5.71. The molecule has 0 radical (unpaired) electrons. The van der Waals surface area contributed by atoms with Gasteiger partial charge in [0.05, 0.1) is 18.8 Å². The van der Waals surface area contributed by atoms with E-state index in [-0.39, 0.29) is 11.9 Å².